The van der Waals surface area contributed by atoms with Gasteiger partial charge in [0.25, 0.3) is 0 Å². The number of hydrogen-bond acceptors (Lipinski definition) is 3. The van der Waals surface area contributed by atoms with Crippen LogP contribution in [-0.2, 0) is 11.2 Å². The number of carbonyl (C=O) groups is 1. The molecule has 0 radical (unpaired) electrons. The number of benzene rings is 1. The zero-order valence-electron chi connectivity index (χ0n) is 14.3. The highest BCUT2D eigenvalue weighted by atomic mass is 16.3. The summed E-state index contributed by atoms with van der Waals surface area (Å²) >= 11 is 0. The second kappa shape index (κ2) is 7.18. The molecule has 2 atom stereocenters. The average Bonchev–Trinajstić information content (AvgIpc) is 3.11. The first kappa shape index (κ1) is 16.7. The first-order valence-electron chi connectivity index (χ1n) is 8.61. The Morgan fingerprint density at radius 3 is 2.71 bits per heavy atom. The molecule has 0 saturated heterocycles. The van der Waals surface area contributed by atoms with Gasteiger partial charge in [-0.1, -0.05) is 24.6 Å². The Morgan fingerprint density at radius 1 is 1.29 bits per heavy atom. The first-order valence-corrected chi connectivity index (χ1v) is 8.61. The van der Waals surface area contributed by atoms with E-state index in [0.29, 0.717) is 13.0 Å². The SMILES string of the molecule is Cc1nn(-c2ccccc2)c(C)c1CC(=O)NCC1CCCC1O. The summed E-state index contributed by atoms with van der Waals surface area (Å²) in [6, 6.07) is 9.94. The van der Waals surface area contributed by atoms with Crippen molar-refractivity contribution in [3.8, 4) is 5.69 Å². The summed E-state index contributed by atoms with van der Waals surface area (Å²) < 4.78 is 1.89. The maximum atomic E-state index is 12.3. The van der Waals surface area contributed by atoms with Crippen molar-refractivity contribution in [1.82, 2.24) is 15.1 Å². The van der Waals surface area contributed by atoms with Crippen molar-refractivity contribution < 1.29 is 9.90 Å². The molecule has 1 aromatic carbocycles. The molecule has 1 heterocycles. The Bertz CT molecular complexity index is 709. The number of amides is 1. The minimum Gasteiger partial charge on any atom is -0.393 e. The molecule has 1 amide bonds. The Hall–Kier alpha value is -2.14. The highest BCUT2D eigenvalue weighted by Gasteiger charge is 2.25. The Labute approximate surface area is 142 Å². The second-order valence-electron chi connectivity index (χ2n) is 6.64. The topological polar surface area (TPSA) is 67.2 Å². The minimum atomic E-state index is -0.269. The quantitative estimate of drug-likeness (QED) is 0.885. The van der Waals surface area contributed by atoms with Crippen LogP contribution in [0.4, 0.5) is 0 Å². The summed E-state index contributed by atoms with van der Waals surface area (Å²) in [4.78, 5) is 12.3. The Kier molecular flexibility index (Phi) is 5.00. The molecule has 0 spiro atoms. The maximum Gasteiger partial charge on any atom is 0.224 e. The smallest absolute Gasteiger partial charge is 0.224 e. The van der Waals surface area contributed by atoms with Crippen LogP contribution in [0.1, 0.15) is 36.2 Å². The van der Waals surface area contributed by atoms with E-state index in [4.69, 9.17) is 0 Å². The first-order chi connectivity index (χ1) is 11.6. The van der Waals surface area contributed by atoms with E-state index in [0.717, 1.165) is 41.9 Å². The van der Waals surface area contributed by atoms with Gasteiger partial charge in [-0.05, 0) is 38.8 Å². The lowest BCUT2D eigenvalue weighted by Gasteiger charge is -2.15. The van der Waals surface area contributed by atoms with Gasteiger partial charge in [0.15, 0.2) is 0 Å². The molecule has 1 fully saturated rings. The molecule has 2 N–H and O–H groups in total. The second-order valence-corrected chi connectivity index (χ2v) is 6.64. The van der Waals surface area contributed by atoms with E-state index < -0.39 is 0 Å². The summed E-state index contributed by atoms with van der Waals surface area (Å²) in [6.07, 6.45) is 2.94. The van der Waals surface area contributed by atoms with E-state index in [1.54, 1.807) is 0 Å². The van der Waals surface area contributed by atoms with E-state index >= 15 is 0 Å². The molecule has 1 saturated carbocycles. The predicted molar refractivity (Wildman–Crippen MR) is 93.1 cm³/mol. The standard InChI is InChI=1S/C19H25N3O2/c1-13-17(11-19(24)20-12-15-7-6-10-18(15)23)14(2)22(21-13)16-8-4-3-5-9-16/h3-5,8-9,15,18,23H,6-7,10-12H2,1-2H3,(H,20,24). The van der Waals surface area contributed by atoms with Crippen LogP contribution in [0.2, 0.25) is 0 Å². The number of aryl methyl sites for hydroxylation is 1. The number of para-hydroxylation sites is 1. The van der Waals surface area contributed by atoms with Gasteiger partial charge in [-0.3, -0.25) is 4.79 Å². The van der Waals surface area contributed by atoms with E-state index in [1.165, 1.54) is 0 Å². The predicted octanol–water partition coefficient (Wildman–Crippen LogP) is 2.31. The fourth-order valence-corrected chi connectivity index (χ4v) is 3.47. The van der Waals surface area contributed by atoms with E-state index in [2.05, 4.69) is 10.4 Å². The molecule has 2 aromatic rings. The van der Waals surface area contributed by atoms with Gasteiger partial charge in [-0.25, -0.2) is 4.68 Å². The fourth-order valence-electron chi connectivity index (χ4n) is 3.47. The molecule has 2 unspecified atom stereocenters. The van der Waals surface area contributed by atoms with E-state index in [1.807, 2.05) is 48.9 Å². The van der Waals surface area contributed by atoms with Gasteiger partial charge in [0.05, 0.1) is 23.9 Å². The zero-order valence-corrected chi connectivity index (χ0v) is 14.3. The van der Waals surface area contributed by atoms with Crippen molar-refractivity contribution in [2.24, 2.45) is 5.92 Å². The molecule has 1 aliphatic rings. The molecule has 1 aromatic heterocycles. The van der Waals surface area contributed by atoms with E-state index in [9.17, 15) is 9.90 Å². The number of aliphatic hydroxyl groups excluding tert-OH is 1. The summed E-state index contributed by atoms with van der Waals surface area (Å²) in [7, 11) is 0. The maximum absolute atomic E-state index is 12.3. The van der Waals surface area contributed by atoms with Crippen molar-refractivity contribution in [3.63, 3.8) is 0 Å². The van der Waals surface area contributed by atoms with Gasteiger partial charge in [-0.15, -0.1) is 0 Å². The molecule has 24 heavy (non-hydrogen) atoms. The van der Waals surface area contributed by atoms with Gasteiger partial charge in [-0.2, -0.15) is 5.10 Å². The highest BCUT2D eigenvalue weighted by Crippen LogP contribution is 2.24. The van der Waals surface area contributed by atoms with Gasteiger partial charge in [0.1, 0.15) is 0 Å². The van der Waals surface area contributed by atoms with Crippen LogP contribution >= 0.6 is 0 Å². The third-order valence-electron chi connectivity index (χ3n) is 4.96. The fraction of sp³-hybridized carbons (Fsp3) is 0.474. The lowest BCUT2D eigenvalue weighted by molar-refractivity contribution is -0.120. The molecule has 1 aliphatic carbocycles. The van der Waals surface area contributed by atoms with Crippen molar-refractivity contribution in [2.75, 3.05) is 6.54 Å². The van der Waals surface area contributed by atoms with Crippen LogP contribution in [0.25, 0.3) is 5.69 Å². The van der Waals surface area contributed by atoms with Crippen LogP contribution < -0.4 is 5.32 Å². The largest absolute Gasteiger partial charge is 0.393 e. The molecule has 3 rings (SSSR count). The van der Waals surface area contributed by atoms with Gasteiger partial charge < -0.3 is 10.4 Å². The van der Waals surface area contributed by atoms with E-state index in [-0.39, 0.29) is 17.9 Å². The minimum absolute atomic E-state index is 0.00656. The summed E-state index contributed by atoms with van der Waals surface area (Å²) in [5.74, 6) is 0.191. The zero-order chi connectivity index (χ0) is 17.1. The molecule has 128 valence electrons. The monoisotopic (exact) mass is 327 g/mol. The van der Waals surface area contributed by atoms with Gasteiger partial charge in [0.2, 0.25) is 5.91 Å². The van der Waals surface area contributed by atoms with Crippen molar-refractivity contribution in [2.45, 2.75) is 45.6 Å². The number of hydrogen-bond donors (Lipinski definition) is 2. The molecular weight excluding hydrogens is 302 g/mol. The number of carbonyl (C=O) groups excluding carboxylic acids is 1. The van der Waals surface area contributed by atoms with Crippen LogP contribution in [0, 0.1) is 19.8 Å². The molecular formula is C19H25N3O2. The molecule has 5 heteroatoms. The van der Waals surface area contributed by atoms with Crippen LogP contribution in [0.15, 0.2) is 30.3 Å². The summed E-state index contributed by atoms with van der Waals surface area (Å²) in [5, 5.41) is 17.4. The normalized spacial score (nSPS) is 20.3. The molecule has 0 bridgehead atoms. The lowest BCUT2D eigenvalue weighted by atomic mass is 10.1. The van der Waals surface area contributed by atoms with Crippen LogP contribution in [-0.4, -0.2) is 33.4 Å². The number of nitrogens with zero attached hydrogens (tertiary/aromatic N) is 2. The Morgan fingerprint density at radius 2 is 2.04 bits per heavy atom. The third kappa shape index (κ3) is 3.51. The van der Waals surface area contributed by atoms with Crippen LogP contribution in [0.5, 0.6) is 0 Å². The lowest BCUT2D eigenvalue weighted by Crippen LogP contribution is -2.33. The molecule has 0 aliphatic heterocycles. The van der Waals surface area contributed by atoms with Crippen molar-refractivity contribution >= 4 is 5.91 Å². The Balaban J connectivity index is 1.67. The number of nitrogens with one attached hydrogen (secondary N) is 1. The highest BCUT2D eigenvalue weighted by molar-refractivity contribution is 5.79. The summed E-state index contributed by atoms with van der Waals surface area (Å²) in [6.45, 7) is 4.50. The van der Waals surface area contributed by atoms with Crippen LogP contribution in [0.3, 0.4) is 0 Å². The molecule has 5 nitrogen and oxygen atoms in total. The number of aliphatic hydroxyl groups is 1. The van der Waals surface area contributed by atoms with Gasteiger partial charge in [0, 0.05) is 23.7 Å². The summed E-state index contributed by atoms with van der Waals surface area (Å²) in [5.41, 5.74) is 3.85. The number of rotatable bonds is 5. The number of aromatic nitrogens is 2. The third-order valence-corrected chi connectivity index (χ3v) is 4.96. The van der Waals surface area contributed by atoms with Crippen molar-refractivity contribution in [1.29, 1.82) is 0 Å². The van der Waals surface area contributed by atoms with Gasteiger partial charge >= 0.3 is 0 Å². The van der Waals surface area contributed by atoms with Crippen molar-refractivity contribution in [3.05, 3.63) is 47.3 Å². The average molecular weight is 327 g/mol.